The first-order valence-electron chi connectivity index (χ1n) is 11.9. The lowest BCUT2D eigenvalue weighted by Gasteiger charge is -2.47. The van der Waals surface area contributed by atoms with Crippen LogP contribution in [0.4, 0.5) is 11.4 Å². The summed E-state index contributed by atoms with van der Waals surface area (Å²) in [7, 11) is 0. The molecule has 0 saturated heterocycles. The van der Waals surface area contributed by atoms with Gasteiger partial charge in [-0.1, -0.05) is 0 Å². The van der Waals surface area contributed by atoms with Gasteiger partial charge in [-0.15, -0.1) is 0 Å². The number of nitrogens with one attached hydrogen (secondary N) is 3. The van der Waals surface area contributed by atoms with Crippen LogP contribution in [0.1, 0.15) is 43.0 Å². The van der Waals surface area contributed by atoms with E-state index in [2.05, 4.69) is 20.9 Å². The monoisotopic (exact) mass is 466 g/mol. The van der Waals surface area contributed by atoms with Gasteiger partial charge in [-0.05, 0) is 74.6 Å². The molecule has 1 aliphatic heterocycles. The molecule has 3 fully saturated rings. The predicted molar refractivity (Wildman–Crippen MR) is 126 cm³/mol. The van der Waals surface area contributed by atoms with Crippen molar-refractivity contribution in [3.05, 3.63) is 42.1 Å². The Bertz CT molecular complexity index is 1080. The summed E-state index contributed by atoms with van der Waals surface area (Å²) in [6, 6.07) is 9.10. The van der Waals surface area contributed by atoms with Crippen molar-refractivity contribution in [1.82, 2.24) is 10.3 Å². The zero-order valence-electron chi connectivity index (χ0n) is 19.1. The fourth-order valence-electron chi connectivity index (χ4n) is 5.44. The number of carbonyl (C=O) groups is 2. The number of benzene rings is 1. The standard InChI is InChI=1S/C25H30N4O5/c1-14(25(31)32)33-22-10-15-4-5-16(22)9-17(15)12-27-23(30)19-3-2-8-26-24(19)34-18-6-7-20-21(11-18)29-13-28-20/h2-3,6-8,11,14-17,22,28-29H,4-5,9-10,12-13H2,1H3,(H,27,30)(H,31,32)/t14-,15?,16?,17?,22?/m1/s1. The second-order valence-corrected chi connectivity index (χ2v) is 9.39. The summed E-state index contributed by atoms with van der Waals surface area (Å²) >= 11 is 0. The van der Waals surface area contributed by atoms with Gasteiger partial charge >= 0.3 is 5.97 Å². The number of carboxylic acid groups (broad SMARTS) is 1. The maximum Gasteiger partial charge on any atom is 0.332 e. The second-order valence-electron chi connectivity index (χ2n) is 9.39. The molecule has 6 rings (SSSR count). The molecule has 1 aromatic heterocycles. The first kappa shape index (κ1) is 22.5. The highest BCUT2D eigenvalue weighted by Gasteiger charge is 2.43. The number of nitrogens with zero attached hydrogens (tertiary/aromatic N) is 1. The number of ether oxygens (including phenoxy) is 2. The van der Waals surface area contributed by atoms with E-state index in [1.807, 2.05) is 18.2 Å². The smallest absolute Gasteiger partial charge is 0.332 e. The van der Waals surface area contributed by atoms with Crippen LogP contribution in [-0.4, -0.2) is 47.4 Å². The Labute approximate surface area is 198 Å². The molecule has 4 unspecified atom stereocenters. The molecule has 4 N–H and O–H groups in total. The molecule has 5 atom stereocenters. The van der Waals surface area contributed by atoms with Gasteiger partial charge in [0.15, 0.2) is 6.10 Å². The fraction of sp³-hybridized carbons (Fsp3) is 0.480. The highest BCUT2D eigenvalue weighted by atomic mass is 16.5. The number of rotatable bonds is 8. The van der Waals surface area contributed by atoms with E-state index in [0.717, 1.165) is 37.1 Å². The summed E-state index contributed by atoms with van der Waals surface area (Å²) in [5.74, 6) is 0.868. The van der Waals surface area contributed by atoms with Crippen molar-refractivity contribution in [3.8, 4) is 11.6 Å². The summed E-state index contributed by atoms with van der Waals surface area (Å²) < 4.78 is 11.8. The van der Waals surface area contributed by atoms with Crippen LogP contribution in [0.15, 0.2) is 36.5 Å². The van der Waals surface area contributed by atoms with Crippen molar-refractivity contribution < 1.29 is 24.2 Å². The zero-order valence-corrected chi connectivity index (χ0v) is 19.1. The van der Waals surface area contributed by atoms with E-state index in [0.29, 0.717) is 42.3 Å². The minimum absolute atomic E-state index is 0.00728. The molecule has 2 bridgehead atoms. The Hall–Kier alpha value is -3.33. The molecule has 180 valence electrons. The highest BCUT2D eigenvalue weighted by molar-refractivity contribution is 5.96. The molecular weight excluding hydrogens is 436 g/mol. The van der Waals surface area contributed by atoms with Crippen LogP contribution in [0.25, 0.3) is 0 Å². The van der Waals surface area contributed by atoms with Gasteiger partial charge in [0.25, 0.3) is 5.91 Å². The summed E-state index contributed by atoms with van der Waals surface area (Å²) in [6.45, 7) is 2.83. The molecule has 3 saturated carbocycles. The van der Waals surface area contributed by atoms with Crippen molar-refractivity contribution in [2.75, 3.05) is 23.8 Å². The minimum Gasteiger partial charge on any atom is -0.479 e. The van der Waals surface area contributed by atoms with Gasteiger partial charge in [0, 0.05) is 18.8 Å². The number of carbonyl (C=O) groups excluding carboxylic acids is 1. The maximum atomic E-state index is 13.0. The van der Waals surface area contributed by atoms with E-state index in [1.54, 1.807) is 25.3 Å². The van der Waals surface area contributed by atoms with Gasteiger partial charge in [-0.3, -0.25) is 4.79 Å². The predicted octanol–water partition coefficient (Wildman–Crippen LogP) is 3.69. The number of fused-ring (bicyclic) bond motifs is 4. The van der Waals surface area contributed by atoms with Crippen LogP contribution in [-0.2, 0) is 9.53 Å². The Kier molecular flexibility index (Phi) is 6.28. The lowest BCUT2D eigenvalue weighted by atomic mass is 9.63. The SMILES string of the molecule is C[C@@H](OC1CC2CCC1CC2CNC(=O)c1cccnc1Oc1ccc2c(c1)NCN2)C(=O)O. The summed E-state index contributed by atoms with van der Waals surface area (Å²) in [5, 5.41) is 18.7. The largest absolute Gasteiger partial charge is 0.479 e. The molecule has 3 aliphatic carbocycles. The molecule has 4 aliphatic rings. The van der Waals surface area contributed by atoms with Gasteiger partial charge in [0.2, 0.25) is 5.88 Å². The van der Waals surface area contributed by atoms with Gasteiger partial charge < -0.3 is 30.5 Å². The van der Waals surface area contributed by atoms with E-state index in [9.17, 15) is 9.59 Å². The maximum absolute atomic E-state index is 13.0. The molecular formula is C25H30N4O5. The lowest BCUT2D eigenvalue weighted by Crippen LogP contribution is -2.47. The topological polar surface area (TPSA) is 122 Å². The molecule has 1 aromatic carbocycles. The van der Waals surface area contributed by atoms with Crippen LogP contribution in [0.2, 0.25) is 0 Å². The first-order valence-corrected chi connectivity index (χ1v) is 11.9. The van der Waals surface area contributed by atoms with Crippen molar-refractivity contribution >= 4 is 23.3 Å². The number of amides is 1. The highest BCUT2D eigenvalue weighted by Crippen LogP contribution is 2.46. The van der Waals surface area contributed by atoms with E-state index in [-0.39, 0.29) is 17.9 Å². The molecule has 0 spiro atoms. The zero-order chi connectivity index (χ0) is 23.7. The number of hydrogen-bond donors (Lipinski definition) is 4. The second kappa shape index (κ2) is 9.50. The van der Waals surface area contributed by atoms with Crippen molar-refractivity contribution in [1.29, 1.82) is 0 Å². The average molecular weight is 467 g/mol. The number of aromatic nitrogens is 1. The Morgan fingerprint density at radius 2 is 2.00 bits per heavy atom. The Balaban J connectivity index is 1.19. The summed E-state index contributed by atoms with van der Waals surface area (Å²) in [6.07, 6.45) is 4.75. The van der Waals surface area contributed by atoms with Gasteiger partial charge in [0.05, 0.1) is 24.1 Å². The quantitative estimate of drug-likeness (QED) is 0.465. The molecule has 9 heteroatoms. The number of pyridine rings is 1. The van der Waals surface area contributed by atoms with Crippen molar-refractivity contribution in [3.63, 3.8) is 0 Å². The number of hydrogen-bond acceptors (Lipinski definition) is 7. The Morgan fingerprint density at radius 3 is 2.79 bits per heavy atom. The van der Waals surface area contributed by atoms with Gasteiger partial charge in [0.1, 0.15) is 11.3 Å². The lowest BCUT2D eigenvalue weighted by molar-refractivity contribution is -0.162. The molecule has 0 radical (unpaired) electrons. The first-order chi connectivity index (χ1) is 16.5. The average Bonchev–Trinajstić information content (AvgIpc) is 3.31. The van der Waals surface area contributed by atoms with Crippen molar-refractivity contribution in [2.24, 2.45) is 17.8 Å². The molecule has 1 amide bonds. The number of aliphatic carboxylic acids is 1. The third kappa shape index (κ3) is 4.65. The van der Waals surface area contributed by atoms with Crippen LogP contribution in [0.3, 0.4) is 0 Å². The molecule has 9 nitrogen and oxygen atoms in total. The Morgan fingerprint density at radius 1 is 1.18 bits per heavy atom. The molecule has 2 aromatic rings. The van der Waals surface area contributed by atoms with E-state index < -0.39 is 12.1 Å². The van der Waals surface area contributed by atoms with Crippen LogP contribution in [0, 0.1) is 17.8 Å². The van der Waals surface area contributed by atoms with Crippen LogP contribution >= 0.6 is 0 Å². The number of anilines is 2. The summed E-state index contributed by atoms with van der Waals surface area (Å²) in [5.41, 5.74) is 2.36. The van der Waals surface area contributed by atoms with E-state index in [4.69, 9.17) is 14.6 Å². The third-order valence-electron chi connectivity index (χ3n) is 7.27. The molecule has 2 heterocycles. The normalized spacial score (nSPS) is 25.6. The third-order valence-corrected chi connectivity index (χ3v) is 7.27. The fourth-order valence-corrected chi connectivity index (χ4v) is 5.44. The van der Waals surface area contributed by atoms with Crippen LogP contribution in [0.5, 0.6) is 11.6 Å². The van der Waals surface area contributed by atoms with Crippen molar-refractivity contribution in [2.45, 2.75) is 44.8 Å². The van der Waals surface area contributed by atoms with Gasteiger partial charge in [-0.25, -0.2) is 9.78 Å². The van der Waals surface area contributed by atoms with E-state index in [1.165, 1.54) is 0 Å². The van der Waals surface area contributed by atoms with E-state index >= 15 is 0 Å². The minimum atomic E-state index is -0.924. The van der Waals surface area contributed by atoms with Crippen LogP contribution < -0.4 is 20.7 Å². The number of carboxylic acids is 1. The molecule has 34 heavy (non-hydrogen) atoms. The summed E-state index contributed by atoms with van der Waals surface area (Å²) in [4.78, 5) is 28.5. The van der Waals surface area contributed by atoms with Gasteiger partial charge in [-0.2, -0.15) is 0 Å².